The highest BCUT2D eigenvalue weighted by Crippen LogP contribution is 2.25. The van der Waals surface area contributed by atoms with E-state index in [2.05, 4.69) is 15.2 Å². The van der Waals surface area contributed by atoms with Gasteiger partial charge in [0.15, 0.2) is 0 Å². The number of hydrogen-bond donors (Lipinski definition) is 2. The summed E-state index contributed by atoms with van der Waals surface area (Å²) in [5.74, 6) is 1.10. The molecule has 0 unspecified atom stereocenters. The minimum atomic E-state index is -0.0813. The summed E-state index contributed by atoms with van der Waals surface area (Å²) in [6.45, 7) is 2.19. The van der Waals surface area contributed by atoms with Crippen molar-refractivity contribution in [1.82, 2.24) is 10.3 Å². The van der Waals surface area contributed by atoms with E-state index in [1.54, 1.807) is 6.07 Å². The van der Waals surface area contributed by atoms with Gasteiger partial charge in [0.05, 0.1) is 0 Å². The smallest absolute Gasteiger partial charge is 0.251 e. The number of halogens is 1. The van der Waals surface area contributed by atoms with Crippen LogP contribution in [0.15, 0.2) is 12.1 Å². The summed E-state index contributed by atoms with van der Waals surface area (Å²) in [6.07, 6.45) is 6.10. The number of nitrogens with zero attached hydrogens (tertiary/aromatic N) is 2. The van der Waals surface area contributed by atoms with E-state index in [4.69, 9.17) is 11.6 Å². The Morgan fingerprint density at radius 1 is 1.26 bits per heavy atom. The van der Waals surface area contributed by atoms with Crippen LogP contribution in [0.5, 0.6) is 0 Å². The Hall–Kier alpha value is -1.33. The number of carbonyl (C=O) groups excluding carboxylic acids is 1. The van der Waals surface area contributed by atoms with E-state index >= 15 is 0 Å². The predicted octanol–water partition coefficient (Wildman–Crippen LogP) is 2.62. The Kier molecular flexibility index (Phi) is 5.38. The second kappa shape index (κ2) is 7.49. The monoisotopic (exact) mass is 337 g/mol. The van der Waals surface area contributed by atoms with Gasteiger partial charge in [0.25, 0.3) is 5.91 Å². The molecule has 2 fully saturated rings. The maximum Gasteiger partial charge on any atom is 0.251 e. The highest BCUT2D eigenvalue weighted by atomic mass is 35.5. The molecule has 2 heterocycles. The number of hydrogen-bond acceptors (Lipinski definition) is 4. The van der Waals surface area contributed by atoms with E-state index < -0.39 is 0 Å². The van der Waals surface area contributed by atoms with Gasteiger partial charge in [0.2, 0.25) is 0 Å². The van der Waals surface area contributed by atoms with Crippen molar-refractivity contribution < 1.29 is 9.90 Å². The lowest BCUT2D eigenvalue weighted by molar-refractivity contribution is 0.0914. The summed E-state index contributed by atoms with van der Waals surface area (Å²) in [7, 11) is 0. The summed E-state index contributed by atoms with van der Waals surface area (Å²) >= 11 is 6.11. The standard InChI is InChI=1S/C17H24ClN3O2/c18-15-9-13(10-16(20-15)21-7-1-2-8-21)17(23)19-14-5-3-12(11-22)4-6-14/h9-10,12,14,22H,1-8,11H2,(H,19,23). The Morgan fingerprint density at radius 3 is 2.61 bits per heavy atom. The second-order valence-corrected chi connectivity index (χ2v) is 6.99. The van der Waals surface area contributed by atoms with Gasteiger partial charge < -0.3 is 15.3 Å². The van der Waals surface area contributed by atoms with Gasteiger partial charge in [0, 0.05) is 31.3 Å². The number of anilines is 1. The molecule has 1 aromatic rings. The number of aliphatic hydroxyl groups is 1. The van der Waals surface area contributed by atoms with Crippen LogP contribution >= 0.6 is 11.6 Å². The van der Waals surface area contributed by atoms with E-state index in [9.17, 15) is 9.90 Å². The van der Waals surface area contributed by atoms with E-state index in [1.165, 1.54) is 0 Å². The van der Waals surface area contributed by atoms with Crippen LogP contribution in [0.1, 0.15) is 48.9 Å². The Morgan fingerprint density at radius 2 is 1.96 bits per heavy atom. The van der Waals surface area contributed by atoms with Gasteiger partial charge in [-0.15, -0.1) is 0 Å². The molecule has 126 valence electrons. The molecule has 1 aliphatic heterocycles. The van der Waals surface area contributed by atoms with Crippen molar-refractivity contribution in [3.63, 3.8) is 0 Å². The van der Waals surface area contributed by atoms with Crippen molar-refractivity contribution in [3.05, 3.63) is 22.8 Å². The zero-order chi connectivity index (χ0) is 16.2. The van der Waals surface area contributed by atoms with Gasteiger partial charge in [0.1, 0.15) is 11.0 Å². The van der Waals surface area contributed by atoms with Gasteiger partial charge in [-0.1, -0.05) is 11.6 Å². The molecule has 0 spiro atoms. The number of aromatic nitrogens is 1. The average Bonchev–Trinajstić information content (AvgIpc) is 3.09. The highest BCUT2D eigenvalue weighted by molar-refractivity contribution is 6.29. The van der Waals surface area contributed by atoms with E-state index in [0.29, 0.717) is 16.6 Å². The van der Waals surface area contributed by atoms with Crippen LogP contribution in [-0.4, -0.2) is 41.7 Å². The molecular formula is C17H24ClN3O2. The topological polar surface area (TPSA) is 65.5 Å². The van der Waals surface area contributed by atoms with Gasteiger partial charge in [-0.2, -0.15) is 0 Å². The van der Waals surface area contributed by atoms with Crippen molar-refractivity contribution >= 4 is 23.3 Å². The zero-order valence-corrected chi connectivity index (χ0v) is 14.1. The molecule has 1 aliphatic carbocycles. The highest BCUT2D eigenvalue weighted by Gasteiger charge is 2.23. The first-order chi connectivity index (χ1) is 11.2. The van der Waals surface area contributed by atoms with Crippen LogP contribution in [-0.2, 0) is 0 Å². The Bertz CT molecular complexity index is 553. The molecular weight excluding hydrogens is 314 g/mol. The fourth-order valence-corrected chi connectivity index (χ4v) is 3.68. The summed E-state index contributed by atoms with van der Waals surface area (Å²) < 4.78 is 0. The van der Waals surface area contributed by atoms with Crippen molar-refractivity contribution in [1.29, 1.82) is 0 Å². The lowest BCUT2D eigenvalue weighted by atomic mass is 9.86. The Labute approximate surface area is 142 Å². The number of amides is 1. The van der Waals surface area contributed by atoms with Crippen LogP contribution in [0, 0.1) is 5.92 Å². The third-order valence-electron chi connectivity index (χ3n) is 4.91. The van der Waals surface area contributed by atoms with Crippen molar-refractivity contribution in [2.24, 2.45) is 5.92 Å². The molecule has 1 aromatic heterocycles. The first-order valence-corrected chi connectivity index (χ1v) is 8.88. The molecule has 0 bridgehead atoms. The maximum absolute atomic E-state index is 12.5. The molecule has 1 amide bonds. The molecule has 6 heteroatoms. The van der Waals surface area contributed by atoms with Crippen molar-refractivity contribution in [3.8, 4) is 0 Å². The fourth-order valence-electron chi connectivity index (χ4n) is 3.48. The summed E-state index contributed by atoms with van der Waals surface area (Å²) in [5.41, 5.74) is 0.580. The van der Waals surface area contributed by atoms with Gasteiger partial charge >= 0.3 is 0 Å². The largest absolute Gasteiger partial charge is 0.396 e. The first kappa shape index (κ1) is 16.5. The third-order valence-corrected chi connectivity index (χ3v) is 5.11. The third kappa shape index (κ3) is 4.15. The van der Waals surface area contributed by atoms with Gasteiger partial charge in [-0.05, 0) is 56.6 Å². The molecule has 23 heavy (non-hydrogen) atoms. The second-order valence-electron chi connectivity index (χ2n) is 6.60. The molecule has 2 N–H and O–H groups in total. The molecule has 2 aliphatic rings. The van der Waals surface area contributed by atoms with Crippen LogP contribution in [0.4, 0.5) is 5.82 Å². The minimum Gasteiger partial charge on any atom is -0.396 e. The molecule has 3 rings (SSSR count). The molecule has 0 atom stereocenters. The number of rotatable bonds is 4. The van der Waals surface area contributed by atoms with E-state index in [1.807, 2.05) is 6.07 Å². The number of carbonyl (C=O) groups is 1. The summed E-state index contributed by atoms with van der Waals surface area (Å²) in [4.78, 5) is 19.0. The lowest BCUT2D eigenvalue weighted by Gasteiger charge is -2.28. The molecule has 0 radical (unpaired) electrons. The summed E-state index contributed by atoms with van der Waals surface area (Å²) in [6, 6.07) is 3.66. The normalized spacial score (nSPS) is 24.7. The summed E-state index contributed by atoms with van der Waals surface area (Å²) in [5, 5.41) is 12.7. The fraction of sp³-hybridized carbons (Fsp3) is 0.647. The zero-order valence-electron chi connectivity index (χ0n) is 13.3. The van der Waals surface area contributed by atoms with Crippen molar-refractivity contribution in [2.45, 2.75) is 44.6 Å². The number of nitrogens with one attached hydrogen (secondary N) is 1. The van der Waals surface area contributed by atoms with E-state index in [0.717, 1.165) is 57.4 Å². The lowest BCUT2D eigenvalue weighted by Crippen LogP contribution is -2.38. The molecule has 1 saturated carbocycles. The first-order valence-electron chi connectivity index (χ1n) is 8.50. The average molecular weight is 338 g/mol. The number of aliphatic hydroxyl groups excluding tert-OH is 1. The van der Waals surface area contributed by atoms with Crippen LogP contribution in [0.2, 0.25) is 5.15 Å². The Balaban J connectivity index is 1.65. The SMILES string of the molecule is O=C(NC1CCC(CO)CC1)c1cc(Cl)nc(N2CCCC2)c1. The van der Waals surface area contributed by atoms with Gasteiger partial charge in [-0.25, -0.2) is 4.98 Å². The number of pyridine rings is 1. The van der Waals surface area contributed by atoms with Crippen LogP contribution in [0.3, 0.4) is 0 Å². The minimum absolute atomic E-state index is 0.0813. The maximum atomic E-state index is 12.5. The van der Waals surface area contributed by atoms with Crippen LogP contribution < -0.4 is 10.2 Å². The molecule has 0 aromatic carbocycles. The quantitative estimate of drug-likeness (QED) is 0.829. The van der Waals surface area contributed by atoms with Crippen molar-refractivity contribution in [2.75, 3.05) is 24.6 Å². The molecule has 1 saturated heterocycles. The predicted molar refractivity (Wildman–Crippen MR) is 91.0 cm³/mol. The molecule has 5 nitrogen and oxygen atoms in total. The van der Waals surface area contributed by atoms with E-state index in [-0.39, 0.29) is 18.6 Å². The van der Waals surface area contributed by atoms with Crippen LogP contribution in [0.25, 0.3) is 0 Å². The van der Waals surface area contributed by atoms with Gasteiger partial charge in [-0.3, -0.25) is 4.79 Å².